The highest BCUT2D eigenvalue weighted by Crippen LogP contribution is 2.28. The molecule has 0 saturated carbocycles. The van der Waals surface area contributed by atoms with E-state index in [1.54, 1.807) is 19.2 Å². The van der Waals surface area contributed by atoms with Crippen LogP contribution in [0.3, 0.4) is 0 Å². The molecular weight excluding hydrogens is 347 g/mol. The molecule has 0 N–H and O–H groups in total. The van der Waals surface area contributed by atoms with Crippen LogP contribution in [0.1, 0.15) is 11.1 Å². The number of likely N-dealkylation sites (tertiary alicyclic amines) is 1. The van der Waals surface area contributed by atoms with Crippen LogP contribution in [-0.2, 0) is 17.7 Å². The molecule has 1 amide bonds. The summed E-state index contributed by atoms with van der Waals surface area (Å²) in [6.07, 6.45) is 0.375. The minimum Gasteiger partial charge on any atom is -0.497 e. The molecule has 2 aromatic rings. The van der Waals surface area contributed by atoms with Gasteiger partial charge in [0.2, 0.25) is 0 Å². The maximum Gasteiger partial charge on any atom is 0.410 e. The number of halogens is 1. The minimum absolute atomic E-state index is 0.0301. The van der Waals surface area contributed by atoms with Gasteiger partial charge in [-0.1, -0.05) is 30.3 Å². The molecule has 0 bridgehead atoms. The smallest absolute Gasteiger partial charge is 0.410 e. The Morgan fingerprint density at radius 2 is 1.93 bits per heavy atom. The molecule has 142 valence electrons. The number of carbonyl (C=O) groups is 1. The van der Waals surface area contributed by atoms with Crippen molar-refractivity contribution in [2.24, 2.45) is 0 Å². The average Bonchev–Trinajstić information content (AvgIpc) is 3.18. The van der Waals surface area contributed by atoms with Crippen molar-refractivity contribution in [3.05, 3.63) is 65.5 Å². The molecule has 2 aliphatic rings. The fourth-order valence-electron chi connectivity index (χ4n) is 3.88. The van der Waals surface area contributed by atoms with E-state index in [4.69, 9.17) is 9.47 Å². The maximum atomic E-state index is 13.9. The Labute approximate surface area is 158 Å². The SMILES string of the molecule is COc1ccc(CCN2C(=O)O[C@H]3CN(Cc4ccccc4F)C[C@H]32)cc1. The van der Waals surface area contributed by atoms with E-state index in [2.05, 4.69) is 4.90 Å². The van der Waals surface area contributed by atoms with Crippen molar-refractivity contribution >= 4 is 6.09 Å². The molecule has 0 spiro atoms. The van der Waals surface area contributed by atoms with Crippen molar-refractivity contribution in [1.82, 2.24) is 9.80 Å². The van der Waals surface area contributed by atoms with Crippen LogP contribution in [0.15, 0.2) is 48.5 Å². The molecule has 0 aliphatic carbocycles. The topological polar surface area (TPSA) is 42.0 Å². The number of hydrogen-bond donors (Lipinski definition) is 0. The number of methoxy groups -OCH3 is 1. The first kappa shape index (κ1) is 17.8. The molecule has 2 aliphatic heterocycles. The molecule has 6 heteroatoms. The summed E-state index contributed by atoms with van der Waals surface area (Å²) in [4.78, 5) is 16.2. The second-order valence-corrected chi connectivity index (χ2v) is 7.07. The van der Waals surface area contributed by atoms with E-state index < -0.39 is 0 Å². The van der Waals surface area contributed by atoms with Crippen LogP contribution in [0.25, 0.3) is 0 Å². The Balaban J connectivity index is 1.37. The van der Waals surface area contributed by atoms with Crippen LogP contribution in [0.2, 0.25) is 0 Å². The van der Waals surface area contributed by atoms with Gasteiger partial charge in [-0.25, -0.2) is 9.18 Å². The fraction of sp³-hybridized carbons (Fsp3) is 0.381. The maximum absolute atomic E-state index is 13.9. The van der Waals surface area contributed by atoms with Crippen molar-refractivity contribution in [2.45, 2.75) is 25.1 Å². The Bertz CT molecular complexity index is 811. The largest absolute Gasteiger partial charge is 0.497 e. The normalized spacial score (nSPS) is 22.0. The number of ether oxygens (including phenoxy) is 2. The molecule has 27 heavy (non-hydrogen) atoms. The summed E-state index contributed by atoms with van der Waals surface area (Å²) in [5, 5.41) is 0. The van der Waals surface area contributed by atoms with Gasteiger partial charge in [0.05, 0.1) is 13.2 Å². The average molecular weight is 370 g/mol. The number of rotatable bonds is 6. The second-order valence-electron chi connectivity index (χ2n) is 7.07. The van der Waals surface area contributed by atoms with Crippen LogP contribution >= 0.6 is 0 Å². The number of fused-ring (bicyclic) bond motifs is 1. The molecule has 2 aromatic carbocycles. The van der Waals surface area contributed by atoms with Crippen molar-refractivity contribution in [2.75, 3.05) is 26.7 Å². The third-order valence-electron chi connectivity index (χ3n) is 5.35. The van der Waals surface area contributed by atoms with E-state index in [9.17, 15) is 9.18 Å². The third-order valence-corrected chi connectivity index (χ3v) is 5.35. The van der Waals surface area contributed by atoms with Gasteiger partial charge in [-0.2, -0.15) is 0 Å². The molecule has 2 fully saturated rings. The Kier molecular flexibility index (Phi) is 4.99. The first-order valence-corrected chi connectivity index (χ1v) is 9.20. The zero-order valence-corrected chi connectivity index (χ0v) is 15.3. The van der Waals surface area contributed by atoms with Gasteiger partial charge in [-0.05, 0) is 30.2 Å². The van der Waals surface area contributed by atoms with Gasteiger partial charge in [-0.15, -0.1) is 0 Å². The summed E-state index contributed by atoms with van der Waals surface area (Å²) in [7, 11) is 1.64. The van der Waals surface area contributed by atoms with E-state index in [0.29, 0.717) is 31.7 Å². The highest BCUT2D eigenvalue weighted by atomic mass is 19.1. The number of hydrogen-bond acceptors (Lipinski definition) is 4. The summed E-state index contributed by atoms with van der Waals surface area (Å²) in [6, 6.07) is 14.7. The third kappa shape index (κ3) is 3.76. The van der Waals surface area contributed by atoms with Gasteiger partial charge >= 0.3 is 6.09 Å². The Morgan fingerprint density at radius 3 is 2.67 bits per heavy atom. The van der Waals surface area contributed by atoms with Crippen LogP contribution < -0.4 is 4.74 Å². The monoisotopic (exact) mass is 370 g/mol. The van der Waals surface area contributed by atoms with Gasteiger partial charge in [0.15, 0.2) is 0 Å². The van der Waals surface area contributed by atoms with Crippen LogP contribution in [-0.4, -0.2) is 54.8 Å². The van der Waals surface area contributed by atoms with Crippen LogP contribution in [0.5, 0.6) is 5.75 Å². The van der Waals surface area contributed by atoms with Gasteiger partial charge < -0.3 is 9.47 Å². The van der Waals surface area contributed by atoms with Gasteiger partial charge in [0, 0.05) is 31.7 Å². The van der Waals surface area contributed by atoms with Crippen LogP contribution in [0, 0.1) is 5.82 Å². The predicted molar refractivity (Wildman–Crippen MR) is 99.1 cm³/mol. The minimum atomic E-state index is -0.246. The van der Waals surface area contributed by atoms with E-state index in [1.165, 1.54) is 6.07 Å². The lowest BCUT2D eigenvalue weighted by Gasteiger charge is -2.22. The fourth-order valence-corrected chi connectivity index (χ4v) is 3.88. The van der Waals surface area contributed by atoms with Crippen LogP contribution in [0.4, 0.5) is 9.18 Å². The number of nitrogens with zero attached hydrogens (tertiary/aromatic N) is 2. The standard InChI is InChI=1S/C21H23FN2O3/c1-26-17-8-6-15(7-9-17)10-11-24-19-13-23(14-20(19)27-21(24)25)12-16-4-2-3-5-18(16)22/h2-9,19-20H,10-14H2,1H3/t19-,20+/m1/s1. The Hall–Kier alpha value is -2.60. The van der Waals surface area contributed by atoms with E-state index in [-0.39, 0.29) is 24.1 Å². The molecule has 0 unspecified atom stereocenters. The van der Waals surface area contributed by atoms with Crippen molar-refractivity contribution in [3.8, 4) is 5.75 Å². The van der Waals surface area contributed by atoms with Gasteiger partial charge in [0.1, 0.15) is 17.7 Å². The summed E-state index contributed by atoms with van der Waals surface area (Å²) in [6.45, 7) is 2.49. The summed E-state index contributed by atoms with van der Waals surface area (Å²) >= 11 is 0. The molecule has 2 saturated heterocycles. The first-order chi connectivity index (χ1) is 13.1. The molecule has 2 heterocycles. The number of amides is 1. The molecule has 0 aromatic heterocycles. The van der Waals surface area contributed by atoms with E-state index >= 15 is 0 Å². The van der Waals surface area contributed by atoms with E-state index in [0.717, 1.165) is 17.7 Å². The zero-order valence-electron chi connectivity index (χ0n) is 15.3. The van der Waals surface area contributed by atoms with Gasteiger partial charge in [0.25, 0.3) is 0 Å². The highest BCUT2D eigenvalue weighted by Gasteiger charge is 2.47. The Morgan fingerprint density at radius 1 is 1.15 bits per heavy atom. The molecule has 0 radical (unpaired) electrons. The lowest BCUT2D eigenvalue weighted by Crippen LogP contribution is -2.39. The highest BCUT2D eigenvalue weighted by molar-refractivity contribution is 5.71. The summed E-state index contributed by atoms with van der Waals surface area (Å²) in [5.74, 6) is 0.627. The molecule has 5 nitrogen and oxygen atoms in total. The number of carbonyl (C=O) groups excluding carboxylic acids is 1. The molecular formula is C21H23FN2O3. The lowest BCUT2D eigenvalue weighted by molar-refractivity contribution is 0.120. The molecule has 4 rings (SSSR count). The van der Waals surface area contributed by atoms with Crippen molar-refractivity contribution in [1.29, 1.82) is 0 Å². The lowest BCUT2D eigenvalue weighted by atomic mass is 10.1. The summed E-state index contributed by atoms with van der Waals surface area (Å²) < 4.78 is 24.6. The number of benzene rings is 2. The zero-order chi connectivity index (χ0) is 18.8. The van der Waals surface area contributed by atoms with Gasteiger partial charge in [-0.3, -0.25) is 9.80 Å². The molecule has 2 atom stereocenters. The predicted octanol–water partition coefficient (Wildman–Crippen LogP) is 3.08. The van der Waals surface area contributed by atoms with E-state index in [1.807, 2.05) is 35.2 Å². The second kappa shape index (κ2) is 7.56. The van der Waals surface area contributed by atoms with Crippen molar-refractivity contribution < 1.29 is 18.7 Å². The first-order valence-electron chi connectivity index (χ1n) is 9.20. The van der Waals surface area contributed by atoms with Crippen molar-refractivity contribution in [3.63, 3.8) is 0 Å². The summed E-state index contributed by atoms with van der Waals surface area (Å²) in [5.41, 5.74) is 1.82. The quantitative estimate of drug-likeness (QED) is 0.784.